The van der Waals surface area contributed by atoms with E-state index < -0.39 is 5.79 Å². The predicted octanol–water partition coefficient (Wildman–Crippen LogP) is 3.06. The zero-order valence-electron chi connectivity index (χ0n) is 18.4. The number of amides is 1. The Morgan fingerprint density at radius 2 is 1.76 bits per heavy atom. The number of likely N-dealkylation sites (tertiary alicyclic amines) is 1. The van der Waals surface area contributed by atoms with Crippen LogP contribution in [0.4, 0.5) is 0 Å². The van der Waals surface area contributed by atoms with Crippen molar-refractivity contribution in [2.45, 2.75) is 18.6 Å². The van der Waals surface area contributed by atoms with Gasteiger partial charge in [0.2, 0.25) is 5.78 Å². The van der Waals surface area contributed by atoms with Crippen LogP contribution in [0.15, 0.2) is 48.2 Å². The second-order valence-electron chi connectivity index (χ2n) is 8.15. The van der Waals surface area contributed by atoms with Crippen LogP contribution in [0.25, 0.3) is 6.08 Å². The number of piperidine rings is 1. The van der Waals surface area contributed by atoms with Crippen molar-refractivity contribution in [1.82, 2.24) is 4.90 Å². The first-order valence-electron chi connectivity index (χ1n) is 11.0. The minimum Gasteiger partial charge on any atom is -0.497 e. The Labute approximate surface area is 191 Å². The minimum absolute atomic E-state index is 0.0873. The predicted molar refractivity (Wildman–Crippen MR) is 118 cm³/mol. The SMILES string of the molecule is COc1ccc(C=C2Oc3cc(OCC(=O)N4CCC5(CC4)OCCO5)ccc3C2=O)cc1. The van der Waals surface area contributed by atoms with Crippen LogP contribution in [-0.2, 0) is 14.3 Å². The number of nitrogens with zero attached hydrogens (tertiary/aromatic N) is 1. The first kappa shape index (κ1) is 21.5. The van der Waals surface area contributed by atoms with E-state index in [4.69, 9.17) is 23.7 Å². The molecule has 2 aromatic carbocycles. The van der Waals surface area contributed by atoms with Gasteiger partial charge in [-0.3, -0.25) is 9.59 Å². The van der Waals surface area contributed by atoms with Crippen LogP contribution in [0.2, 0.25) is 0 Å². The van der Waals surface area contributed by atoms with E-state index >= 15 is 0 Å². The van der Waals surface area contributed by atoms with Crippen LogP contribution in [0, 0.1) is 0 Å². The third-order valence-electron chi connectivity index (χ3n) is 6.11. The Balaban J connectivity index is 1.19. The average Bonchev–Trinajstić information content (AvgIpc) is 3.42. The molecule has 0 N–H and O–H groups in total. The number of ether oxygens (including phenoxy) is 5. The lowest BCUT2D eigenvalue weighted by Gasteiger charge is -2.37. The highest BCUT2D eigenvalue weighted by molar-refractivity contribution is 6.14. The largest absolute Gasteiger partial charge is 0.497 e. The fraction of sp³-hybridized carbons (Fsp3) is 0.360. The van der Waals surface area contributed by atoms with E-state index in [9.17, 15) is 9.59 Å². The molecule has 3 heterocycles. The summed E-state index contributed by atoms with van der Waals surface area (Å²) >= 11 is 0. The summed E-state index contributed by atoms with van der Waals surface area (Å²) in [5.74, 6) is 1.05. The van der Waals surface area contributed by atoms with Crippen LogP contribution in [0.5, 0.6) is 17.2 Å². The highest BCUT2D eigenvalue weighted by Gasteiger charge is 2.40. The maximum Gasteiger partial charge on any atom is 0.260 e. The number of benzene rings is 2. The standard InChI is InChI=1S/C25H25NO7/c1-29-18-4-2-17(3-5-18)14-22-24(28)20-7-6-19(15-21(20)33-22)30-16-23(27)26-10-8-25(9-11-26)31-12-13-32-25/h2-7,14-15H,8-13,16H2,1H3. The Hall–Kier alpha value is -3.36. The molecule has 0 radical (unpaired) electrons. The van der Waals surface area contributed by atoms with Gasteiger partial charge in [0.1, 0.15) is 17.2 Å². The van der Waals surface area contributed by atoms with Gasteiger partial charge < -0.3 is 28.6 Å². The first-order valence-corrected chi connectivity index (χ1v) is 11.0. The van der Waals surface area contributed by atoms with Gasteiger partial charge in [0.15, 0.2) is 18.2 Å². The molecule has 8 nitrogen and oxygen atoms in total. The first-order chi connectivity index (χ1) is 16.0. The second-order valence-corrected chi connectivity index (χ2v) is 8.15. The number of carbonyl (C=O) groups is 2. The lowest BCUT2D eigenvalue weighted by Crippen LogP contribution is -2.48. The van der Waals surface area contributed by atoms with Gasteiger partial charge in [-0.05, 0) is 35.9 Å². The molecule has 2 fully saturated rings. The van der Waals surface area contributed by atoms with Crippen molar-refractivity contribution in [1.29, 1.82) is 0 Å². The quantitative estimate of drug-likeness (QED) is 0.646. The van der Waals surface area contributed by atoms with Crippen LogP contribution in [0.1, 0.15) is 28.8 Å². The number of ketones is 1. The molecule has 1 spiro atoms. The summed E-state index contributed by atoms with van der Waals surface area (Å²) in [6.07, 6.45) is 3.01. The Kier molecular flexibility index (Phi) is 5.78. The van der Waals surface area contributed by atoms with Gasteiger partial charge >= 0.3 is 0 Å². The molecule has 8 heteroatoms. The van der Waals surface area contributed by atoms with Crippen molar-refractivity contribution in [2.75, 3.05) is 40.0 Å². The van der Waals surface area contributed by atoms with Crippen LogP contribution < -0.4 is 14.2 Å². The molecule has 3 aliphatic rings. The van der Waals surface area contributed by atoms with E-state index in [0.717, 1.165) is 11.3 Å². The van der Waals surface area contributed by atoms with Gasteiger partial charge in [-0.1, -0.05) is 12.1 Å². The number of rotatable bonds is 5. The van der Waals surface area contributed by atoms with Gasteiger partial charge in [-0.2, -0.15) is 0 Å². The molecular weight excluding hydrogens is 426 g/mol. The van der Waals surface area contributed by atoms with Gasteiger partial charge in [-0.15, -0.1) is 0 Å². The number of carbonyl (C=O) groups excluding carboxylic acids is 2. The van der Waals surface area contributed by atoms with Crippen LogP contribution >= 0.6 is 0 Å². The summed E-state index contributed by atoms with van der Waals surface area (Å²) in [4.78, 5) is 27.0. The molecule has 0 saturated carbocycles. The van der Waals surface area contributed by atoms with Gasteiger partial charge in [0.25, 0.3) is 5.91 Å². The van der Waals surface area contributed by atoms with E-state index in [2.05, 4.69) is 0 Å². The number of Topliss-reactive ketones (excluding diaryl/α,β-unsaturated/α-hetero) is 1. The summed E-state index contributed by atoms with van der Waals surface area (Å²) in [5.41, 5.74) is 1.29. The summed E-state index contributed by atoms with van der Waals surface area (Å²) < 4.78 is 28.0. The smallest absolute Gasteiger partial charge is 0.260 e. The monoisotopic (exact) mass is 451 g/mol. The molecule has 0 aliphatic carbocycles. The highest BCUT2D eigenvalue weighted by Crippen LogP contribution is 2.35. The lowest BCUT2D eigenvalue weighted by atomic mass is 10.0. The zero-order valence-corrected chi connectivity index (χ0v) is 18.4. The molecule has 2 aromatic rings. The Bertz CT molecular complexity index is 1080. The van der Waals surface area contributed by atoms with Gasteiger partial charge in [0, 0.05) is 32.0 Å². The van der Waals surface area contributed by atoms with Crippen molar-refractivity contribution < 1.29 is 33.3 Å². The molecule has 0 aromatic heterocycles. The zero-order chi connectivity index (χ0) is 22.8. The van der Waals surface area contributed by atoms with E-state index in [1.807, 2.05) is 24.3 Å². The fourth-order valence-electron chi connectivity index (χ4n) is 4.23. The topological polar surface area (TPSA) is 83.5 Å². The maximum atomic E-state index is 12.7. The van der Waals surface area contributed by atoms with Crippen molar-refractivity contribution in [3.8, 4) is 17.2 Å². The van der Waals surface area contributed by atoms with Crippen molar-refractivity contribution in [3.63, 3.8) is 0 Å². The van der Waals surface area contributed by atoms with E-state index in [0.29, 0.717) is 56.2 Å². The Morgan fingerprint density at radius 1 is 1.06 bits per heavy atom. The molecule has 5 rings (SSSR count). The Morgan fingerprint density at radius 3 is 2.45 bits per heavy atom. The number of hydrogen-bond acceptors (Lipinski definition) is 7. The normalized spacial score (nSPS) is 20.1. The lowest BCUT2D eigenvalue weighted by molar-refractivity contribution is -0.187. The molecule has 0 atom stereocenters. The van der Waals surface area contributed by atoms with E-state index in [-0.39, 0.29) is 24.1 Å². The van der Waals surface area contributed by atoms with Gasteiger partial charge in [0.05, 0.1) is 25.9 Å². The number of hydrogen-bond donors (Lipinski definition) is 0. The molecule has 33 heavy (non-hydrogen) atoms. The summed E-state index contributed by atoms with van der Waals surface area (Å²) in [5, 5.41) is 0. The average molecular weight is 451 g/mol. The van der Waals surface area contributed by atoms with Crippen LogP contribution in [0.3, 0.4) is 0 Å². The van der Waals surface area contributed by atoms with E-state index in [1.54, 1.807) is 36.3 Å². The third-order valence-corrected chi connectivity index (χ3v) is 6.11. The fourth-order valence-corrected chi connectivity index (χ4v) is 4.23. The van der Waals surface area contributed by atoms with Crippen LogP contribution in [-0.4, -0.2) is 62.4 Å². The molecule has 0 unspecified atom stereocenters. The highest BCUT2D eigenvalue weighted by atomic mass is 16.7. The second kappa shape index (κ2) is 8.88. The van der Waals surface area contributed by atoms with Crippen molar-refractivity contribution >= 4 is 17.8 Å². The van der Waals surface area contributed by atoms with Gasteiger partial charge in [-0.25, -0.2) is 0 Å². The number of fused-ring (bicyclic) bond motifs is 1. The minimum atomic E-state index is -0.515. The van der Waals surface area contributed by atoms with E-state index in [1.165, 1.54) is 0 Å². The molecular formula is C25H25NO7. The maximum absolute atomic E-state index is 12.7. The van der Waals surface area contributed by atoms with Crippen molar-refractivity contribution in [2.24, 2.45) is 0 Å². The summed E-state index contributed by atoms with van der Waals surface area (Å²) in [7, 11) is 1.60. The molecule has 3 aliphatic heterocycles. The molecule has 1 amide bonds. The summed E-state index contributed by atoms with van der Waals surface area (Å²) in [6, 6.07) is 12.3. The number of methoxy groups -OCH3 is 1. The molecule has 0 bridgehead atoms. The third kappa shape index (κ3) is 4.44. The molecule has 2 saturated heterocycles. The molecule has 172 valence electrons. The number of allylic oxidation sites excluding steroid dienone is 1. The summed E-state index contributed by atoms with van der Waals surface area (Å²) in [6.45, 7) is 2.27. The van der Waals surface area contributed by atoms with Crippen molar-refractivity contribution in [3.05, 3.63) is 59.4 Å².